The molecule has 0 saturated heterocycles. The van der Waals surface area contributed by atoms with Gasteiger partial charge in [0.2, 0.25) is 5.75 Å². The number of rotatable bonds is 10. The standard InChI is InChI=1S/C36H34N4O8S/c1-7-48-35(42)31-20(2)37-36-39(32(31)23-16-28(45-4)33(47-6)29(17-23)46-5)34(41)30(49-36)18-26-21(3)38(27-11-9-8-10-25(26)27)19-22-12-14-24(15-13-22)40(43)44/h8-18,32H,7,19H2,1-6H3/b30-18-/t32-/m0/s1. The van der Waals surface area contributed by atoms with Crippen molar-refractivity contribution in [3.63, 3.8) is 0 Å². The summed E-state index contributed by atoms with van der Waals surface area (Å²) in [5.74, 6) is 0.531. The highest BCUT2D eigenvalue weighted by atomic mass is 32.1. The lowest BCUT2D eigenvalue weighted by atomic mass is 9.95. The fourth-order valence-corrected chi connectivity index (χ4v) is 7.27. The zero-order valence-corrected chi connectivity index (χ0v) is 28.6. The zero-order valence-electron chi connectivity index (χ0n) is 27.8. The fraction of sp³-hybridized carbons (Fsp3) is 0.250. The predicted molar refractivity (Wildman–Crippen MR) is 185 cm³/mol. The molecule has 1 aliphatic rings. The Labute approximate surface area is 284 Å². The zero-order chi connectivity index (χ0) is 35.0. The number of methoxy groups -OCH3 is 3. The van der Waals surface area contributed by atoms with E-state index in [0.29, 0.717) is 44.4 Å². The van der Waals surface area contributed by atoms with Gasteiger partial charge in [-0.25, -0.2) is 9.79 Å². The van der Waals surface area contributed by atoms with Gasteiger partial charge in [0, 0.05) is 40.8 Å². The monoisotopic (exact) mass is 682 g/mol. The molecule has 2 aromatic heterocycles. The van der Waals surface area contributed by atoms with E-state index in [4.69, 9.17) is 23.9 Å². The normalized spacial score (nSPS) is 14.4. The number of non-ortho nitro benzene ring substituents is 1. The number of fused-ring (bicyclic) bond motifs is 2. The Morgan fingerprint density at radius 2 is 1.69 bits per heavy atom. The molecular weight excluding hydrogens is 648 g/mol. The minimum atomic E-state index is -0.893. The second-order valence-corrected chi connectivity index (χ2v) is 12.3. The molecule has 0 saturated carbocycles. The Kier molecular flexibility index (Phi) is 9.11. The quantitative estimate of drug-likeness (QED) is 0.114. The first-order valence-corrected chi connectivity index (χ1v) is 16.2. The topological polar surface area (TPSA) is 136 Å². The van der Waals surface area contributed by atoms with Crippen LogP contribution in [0, 0.1) is 17.0 Å². The molecule has 5 aromatic rings. The summed E-state index contributed by atoms with van der Waals surface area (Å²) in [6.07, 6.45) is 1.86. The van der Waals surface area contributed by atoms with Crippen molar-refractivity contribution in [2.24, 2.45) is 4.99 Å². The number of nitro benzene ring substituents is 1. The molecule has 1 aliphatic heterocycles. The Morgan fingerprint density at radius 1 is 1.02 bits per heavy atom. The lowest BCUT2D eigenvalue weighted by Gasteiger charge is -2.26. The van der Waals surface area contributed by atoms with Crippen LogP contribution in [0.25, 0.3) is 17.0 Å². The van der Waals surface area contributed by atoms with E-state index in [1.54, 1.807) is 38.1 Å². The molecule has 0 bridgehead atoms. The number of para-hydroxylation sites is 1. The third kappa shape index (κ3) is 5.86. The van der Waals surface area contributed by atoms with Gasteiger partial charge in [0.15, 0.2) is 16.3 Å². The van der Waals surface area contributed by atoms with Crippen LogP contribution in [-0.2, 0) is 16.1 Å². The largest absolute Gasteiger partial charge is 0.493 e. The Balaban J connectivity index is 1.55. The van der Waals surface area contributed by atoms with Crippen molar-refractivity contribution in [3.05, 3.63) is 124 Å². The van der Waals surface area contributed by atoms with Crippen LogP contribution in [0.15, 0.2) is 81.7 Å². The summed E-state index contributed by atoms with van der Waals surface area (Å²) in [5, 5.41) is 12.1. The van der Waals surface area contributed by atoms with Crippen molar-refractivity contribution < 1.29 is 28.7 Å². The van der Waals surface area contributed by atoms with Crippen LogP contribution in [0.3, 0.4) is 0 Å². The molecule has 0 N–H and O–H groups in total. The molecule has 3 aromatic carbocycles. The maximum Gasteiger partial charge on any atom is 0.338 e. The number of benzene rings is 3. The highest BCUT2D eigenvalue weighted by molar-refractivity contribution is 7.07. The van der Waals surface area contributed by atoms with Gasteiger partial charge < -0.3 is 23.5 Å². The number of hydrogen-bond donors (Lipinski definition) is 0. The number of esters is 1. The third-order valence-electron chi connectivity index (χ3n) is 8.56. The van der Waals surface area contributed by atoms with E-state index in [2.05, 4.69) is 4.57 Å². The van der Waals surface area contributed by atoms with E-state index in [1.165, 1.54) is 49.4 Å². The van der Waals surface area contributed by atoms with Crippen molar-refractivity contribution in [3.8, 4) is 17.2 Å². The van der Waals surface area contributed by atoms with Gasteiger partial charge in [0.1, 0.15) is 0 Å². The minimum absolute atomic E-state index is 0.0279. The summed E-state index contributed by atoms with van der Waals surface area (Å²) in [5.41, 5.74) is 4.52. The maximum atomic E-state index is 14.5. The number of allylic oxidation sites excluding steroid dienone is 1. The predicted octanol–water partition coefficient (Wildman–Crippen LogP) is 5.04. The fourth-order valence-electron chi connectivity index (χ4n) is 6.25. The molecule has 0 radical (unpaired) electrons. The molecule has 0 spiro atoms. The van der Waals surface area contributed by atoms with Crippen LogP contribution in [0.5, 0.6) is 17.2 Å². The Hall–Kier alpha value is -5.69. The summed E-state index contributed by atoms with van der Waals surface area (Å²) >= 11 is 1.23. The smallest absolute Gasteiger partial charge is 0.338 e. The number of thiazole rings is 1. The molecule has 0 amide bonds. The number of nitro groups is 1. The van der Waals surface area contributed by atoms with Crippen molar-refractivity contribution in [1.82, 2.24) is 9.13 Å². The molecular formula is C36H34N4O8S. The molecule has 6 rings (SSSR count). The van der Waals surface area contributed by atoms with E-state index < -0.39 is 16.9 Å². The second kappa shape index (κ2) is 13.4. The molecule has 0 unspecified atom stereocenters. The third-order valence-corrected chi connectivity index (χ3v) is 9.55. The van der Waals surface area contributed by atoms with Crippen LogP contribution in [0.4, 0.5) is 5.69 Å². The maximum absolute atomic E-state index is 14.5. The minimum Gasteiger partial charge on any atom is -0.493 e. The van der Waals surface area contributed by atoms with Crippen LogP contribution in [-0.4, -0.2) is 48.0 Å². The Morgan fingerprint density at radius 3 is 2.31 bits per heavy atom. The lowest BCUT2D eigenvalue weighted by Crippen LogP contribution is -2.40. The number of aromatic nitrogens is 2. The highest BCUT2D eigenvalue weighted by Crippen LogP contribution is 2.42. The average molecular weight is 683 g/mol. The van der Waals surface area contributed by atoms with E-state index in [0.717, 1.165) is 27.7 Å². The molecule has 12 nitrogen and oxygen atoms in total. The average Bonchev–Trinajstić information content (AvgIpc) is 3.55. The summed E-state index contributed by atoms with van der Waals surface area (Å²) < 4.78 is 26.3. The van der Waals surface area contributed by atoms with Gasteiger partial charge in [-0.05, 0) is 56.2 Å². The second-order valence-electron chi connectivity index (χ2n) is 11.3. The summed E-state index contributed by atoms with van der Waals surface area (Å²) in [6, 6.07) is 16.9. The molecule has 49 heavy (non-hydrogen) atoms. The highest BCUT2D eigenvalue weighted by Gasteiger charge is 2.35. The molecule has 0 fully saturated rings. The van der Waals surface area contributed by atoms with Gasteiger partial charge in [-0.15, -0.1) is 0 Å². The van der Waals surface area contributed by atoms with Gasteiger partial charge in [-0.3, -0.25) is 19.5 Å². The molecule has 3 heterocycles. The molecule has 0 aliphatic carbocycles. The first-order chi connectivity index (χ1) is 23.6. The van der Waals surface area contributed by atoms with E-state index in [1.807, 2.05) is 37.3 Å². The molecule has 13 heteroatoms. The van der Waals surface area contributed by atoms with Crippen molar-refractivity contribution in [2.75, 3.05) is 27.9 Å². The van der Waals surface area contributed by atoms with Gasteiger partial charge in [0.25, 0.3) is 11.2 Å². The summed E-state index contributed by atoms with van der Waals surface area (Å²) in [7, 11) is 4.50. The molecule has 252 valence electrons. The van der Waals surface area contributed by atoms with E-state index >= 15 is 0 Å². The SMILES string of the molecule is CCOC(=O)C1=C(C)N=c2s/c(=C\c3c(C)n(Cc4ccc([N+](=O)[O-])cc4)c4ccccc34)c(=O)n2[C@H]1c1cc(OC)c(OC)c(OC)c1. The van der Waals surface area contributed by atoms with Crippen LogP contribution >= 0.6 is 11.3 Å². The van der Waals surface area contributed by atoms with Crippen LogP contribution in [0.1, 0.15) is 42.3 Å². The van der Waals surface area contributed by atoms with Crippen molar-refractivity contribution in [1.29, 1.82) is 0 Å². The van der Waals surface area contributed by atoms with Gasteiger partial charge in [-0.2, -0.15) is 0 Å². The van der Waals surface area contributed by atoms with Crippen LogP contribution < -0.4 is 29.1 Å². The number of carbonyl (C=O) groups is 1. The van der Waals surface area contributed by atoms with Gasteiger partial charge >= 0.3 is 5.97 Å². The van der Waals surface area contributed by atoms with Crippen molar-refractivity contribution >= 4 is 40.0 Å². The Bertz CT molecular complexity index is 2310. The molecule has 1 atom stereocenters. The van der Waals surface area contributed by atoms with Crippen LogP contribution in [0.2, 0.25) is 0 Å². The van der Waals surface area contributed by atoms with E-state index in [9.17, 15) is 19.7 Å². The number of hydrogen-bond acceptors (Lipinski definition) is 10. The number of ether oxygens (including phenoxy) is 4. The van der Waals surface area contributed by atoms with E-state index in [-0.39, 0.29) is 23.4 Å². The number of carbonyl (C=O) groups excluding carboxylic acids is 1. The van der Waals surface area contributed by atoms with Gasteiger partial charge in [0.05, 0.1) is 54.7 Å². The number of nitrogens with zero attached hydrogens (tertiary/aromatic N) is 4. The first-order valence-electron chi connectivity index (χ1n) is 15.4. The summed E-state index contributed by atoms with van der Waals surface area (Å²) in [4.78, 5) is 43.8. The summed E-state index contributed by atoms with van der Waals surface area (Å²) in [6.45, 7) is 6.05. The van der Waals surface area contributed by atoms with Crippen molar-refractivity contribution in [2.45, 2.75) is 33.4 Å². The first kappa shape index (κ1) is 33.2. The van der Waals surface area contributed by atoms with Gasteiger partial charge in [-0.1, -0.05) is 41.7 Å². The lowest BCUT2D eigenvalue weighted by molar-refractivity contribution is -0.384.